The Morgan fingerprint density at radius 3 is 2.26 bits per heavy atom. The molecule has 1 saturated heterocycles. The highest BCUT2D eigenvalue weighted by molar-refractivity contribution is 7.54. The van der Waals surface area contributed by atoms with Gasteiger partial charge in [0.2, 0.25) is 0 Å². The molecule has 1 fully saturated rings. The van der Waals surface area contributed by atoms with Crippen LogP contribution in [0.15, 0.2) is 0 Å². The van der Waals surface area contributed by atoms with Gasteiger partial charge in [-0.2, -0.15) is 0 Å². The Hall–Kier alpha value is 0.0549. The van der Waals surface area contributed by atoms with Crippen molar-refractivity contribution >= 4 is 15.4 Å². The van der Waals surface area contributed by atoms with E-state index < -0.39 is 36.9 Å². The van der Waals surface area contributed by atoms with E-state index in [4.69, 9.17) is 14.0 Å². The van der Waals surface area contributed by atoms with Gasteiger partial charge in [-0.15, -0.1) is 0 Å². The molecule has 3 N–H and O–H groups in total. The summed E-state index contributed by atoms with van der Waals surface area (Å²) in [5.41, 5.74) is -1.02. The number of hydrogen-bond donors (Lipinski definition) is 3. The van der Waals surface area contributed by atoms with Crippen LogP contribution in [0.4, 0.5) is 0 Å². The molecule has 1 aliphatic rings. The highest BCUT2D eigenvalue weighted by Gasteiger charge is 2.49. The number of ether oxygens (including phenoxy) is 2. The molecule has 0 aromatic rings. The summed E-state index contributed by atoms with van der Waals surface area (Å²) < 4.78 is 28.8. The van der Waals surface area contributed by atoms with Crippen molar-refractivity contribution in [2.75, 3.05) is 7.11 Å². The van der Waals surface area contributed by atoms with Gasteiger partial charge in [0, 0.05) is 13.5 Å². The lowest BCUT2D eigenvalue weighted by atomic mass is 9.89. The Kier molecular flexibility index (Phi) is 6.90. The Balaban J connectivity index is 2.89. The molecule has 1 rings (SSSR count). The number of aliphatic hydroxyl groups is 2. The van der Waals surface area contributed by atoms with Gasteiger partial charge in [-0.1, -0.05) is 13.8 Å². The van der Waals surface area contributed by atoms with E-state index in [1.807, 2.05) is 6.92 Å². The Labute approximate surface area is 139 Å². The van der Waals surface area contributed by atoms with E-state index in [-0.39, 0.29) is 18.8 Å². The first kappa shape index (κ1) is 21.1. The van der Waals surface area contributed by atoms with Gasteiger partial charge in [0.15, 0.2) is 5.34 Å². The van der Waals surface area contributed by atoms with Crippen molar-refractivity contribution in [3.05, 3.63) is 0 Å². The summed E-state index contributed by atoms with van der Waals surface area (Å²) in [5.74, 6) is 0. The monoisotopic (exact) mass is 352 g/mol. The zero-order valence-corrected chi connectivity index (χ0v) is 15.7. The van der Waals surface area contributed by atoms with Crippen molar-refractivity contribution in [2.45, 2.75) is 82.2 Å². The van der Waals surface area contributed by atoms with Gasteiger partial charge in [0.05, 0.1) is 17.7 Å². The van der Waals surface area contributed by atoms with Crippen LogP contribution < -0.4 is 0 Å². The molecule has 7 nitrogen and oxygen atoms in total. The predicted molar refractivity (Wildman–Crippen MR) is 89.1 cm³/mol. The molecule has 9 heteroatoms. The van der Waals surface area contributed by atoms with Crippen molar-refractivity contribution in [2.24, 2.45) is 0 Å². The minimum absolute atomic E-state index is 0.0892. The first-order valence-electron chi connectivity index (χ1n) is 8.05. The molecular formula is C14H30BO7P. The number of methoxy groups -OCH3 is 1. The molecule has 0 aliphatic carbocycles. The van der Waals surface area contributed by atoms with Crippen LogP contribution in [0.3, 0.4) is 0 Å². The van der Waals surface area contributed by atoms with E-state index in [9.17, 15) is 19.7 Å². The third kappa shape index (κ3) is 4.57. The highest BCUT2D eigenvalue weighted by atomic mass is 31.2. The fourth-order valence-corrected chi connectivity index (χ4v) is 4.09. The standard InChI is InChI=1S/C14H30BO7P/c1-6-13(3,22-23(18,19)14(4,17)7-2)8-9-10(16)11(20-5)12(15)21-9/h9-12,16-17H,6-8,15H2,1-5H3,(H,18,19)/t9-,10-,11-,12-,13?,14?/m1/s1. The average Bonchev–Trinajstić information content (AvgIpc) is 2.71. The molecule has 3 unspecified atom stereocenters. The Bertz CT molecular complexity index is 447. The molecule has 136 valence electrons. The lowest BCUT2D eigenvalue weighted by molar-refractivity contribution is -0.0458. The second kappa shape index (κ2) is 7.52. The quantitative estimate of drug-likeness (QED) is 0.434. The van der Waals surface area contributed by atoms with Gasteiger partial charge >= 0.3 is 7.60 Å². The Morgan fingerprint density at radius 2 is 1.87 bits per heavy atom. The minimum atomic E-state index is -4.26. The maximum absolute atomic E-state index is 12.4. The third-order valence-electron chi connectivity index (χ3n) is 4.85. The SMILES string of the molecule is B[C@@H]1O[C@H](CC(C)(CC)OP(=O)(O)C(C)(O)CC)[C@@H](O)[C@H]1OC. The molecule has 23 heavy (non-hydrogen) atoms. The lowest BCUT2D eigenvalue weighted by Gasteiger charge is -2.37. The summed E-state index contributed by atoms with van der Waals surface area (Å²) in [6.07, 6.45) is -1.11. The average molecular weight is 352 g/mol. The van der Waals surface area contributed by atoms with Crippen LogP contribution in [0.25, 0.3) is 0 Å². The third-order valence-corrected chi connectivity index (χ3v) is 7.07. The number of rotatable bonds is 8. The lowest BCUT2D eigenvalue weighted by Crippen LogP contribution is -2.40. The molecule has 0 saturated carbocycles. The zero-order valence-electron chi connectivity index (χ0n) is 14.9. The first-order chi connectivity index (χ1) is 10.4. The van der Waals surface area contributed by atoms with E-state index in [0.29, 0.717) is 6.42 Å². The minimum Gasteiger partial charge on any atom is -0.388 e. The second-order valence-corrected chi connectivity index (χ2v) is 8.95. The van der Waals surface area contributed by atoms with Crippen molar-refractivity contribution in [1.29, 1.82) is 0 Å². The second-order valence-electron chi connectivity index (χ2n) is 6.76. The molecule has 0 aromatic heterocycles. The number of aliphatic hydroxyl groups excluding tert-OH is 1. The summed E-state index contributed by atoms with van der Waals surface area (Å²) in [7, 11) is -0.949. The molecular weight excluding hydrogens is 322 g/mol. The molecule has 0 bridgehead atoms. The topological polar surface area (TPSA) is 105 Å². The maximum Gasteiger partial charge on any atom is 0.359 e. The van der Waals surface area contributed by atoms with Crippen molar-refractivity contribution in [3.8, 4) is 0 Å². The van der Waals surface area contributed by atoms with E-state index in [2.05, 4.69) is 0 Å². The van der Waals surface area contributed by atoms with E-state index in [1.54, 1.807) is 21.7 Å². The number of hydrogen-bond acceptors (Lipinski definition) is 6. The fourth-order valence-electron chi connectivity index (χ4n) is 2.69. The van der Waals surface area contributed by atoms with Gasteiger partial charge in [-0.05, 0) is 26.7 Å². The van der Waals surface area contributed by atoms with Gasteiger partial charge in [0.25, 0.3) is 0 Å². The van der Waals surface area contributed by atoms with E-state index in [1.165, 1.54) is 14.0 Å². The van der Waals surface area contributed by atoms with Crippen LogP contribution in [-0.4, -0.2) is 65.3 Å². The maximum atomic E-state index is 12.4. The molecule has 0 aromatic carbocycles. The molecule has 1 aliphatic heterocycles. The molecule has 0 spiro atoms. The first-order valence-corrected chi connectivity index (χ1v) is 9.63. The van der Waals surface area contributed by atoms with Crippen LogP contribution in [-0.2, 0) is 18.6 Å². The van der Waals surface area contributed by atoms with E-state index in [0.717, 1.165) is 0 Å². The normalized spacial score (nSPS) is 36.2. The van der Waals surface area contributed by atoms with Crippen LogP contribution in [0.2, 0.25) is 0 Å². The molecule has 1 heterocycles. The fraction of sp³-hybridized carbons (Fsp3) is 1.00. The summed E-state index contributed by atoms with van der Waals surface area (Å²) >= 11 is 0. The van der Waals surface area contributed by atoms with Crippen molar-refractivity contribution in [3.63, 3.8) is 0 Å². The van der Waals surface area contributed by atoms with Gasteiger partial charge in [-0.3, -0.25) is 4.57 Å². The van der Waals surface area contributed by atoms with Crippen molar-refractivity contribution < 1.29 is 33.7 Å². The van der Waals surface area contributed by atoms with Crippen LogP contribution in [0.1, 0.15) is 47.0 Å². The summed E-state index contributed by atoms with van der Waals surface area (Å²) in [6, 6.07) is -0.277. The van der Waals surface area contributed by atoms with Gasteiger partial charge in [-0.25, -0.2) is 0 Å². The van der Waals surface area contributed by atoms with Crippen LogP contribution >= 0.6 is 7.60 Å². The molecule has 0 amide bonds. The molecule has 0 radical (unpaired) electrons. The van der Waals surface area contributed by atoms with Crippen molar-refractivity contribution in [1.82, 2.24) is 0 Å². The zero-order chi connectivity index (χ0) is 18.1. The summed E-state index contributed by atoms with van der Waals surface area (Å²) in [5, 5.41) is 18.6. The predicted octanol–water partition coefficient (Wildman–Crippen LogP) is 0.600. The van der Waals surface area contributed by atoms with Crippen LogP contribution in [0.5, 0.6) is 0 Å². The smallest absolute Gasteiger partial charge is 0.359 e. The largest absolute Gasteiger partial charge is 0.388 e. The van der Waals surface area contributed by atoms with E-state index >= 15 is 0 Å². The molecule has 7 atom stereocenters. The summed E-state index contributed by atoms with van der Waals surface area (Å²) in [4.78, 5) is 10.2. The summed E-state index contributed by atoms with van der Waals surface area (Å²) in [6.45, 7) is 6.40. The Morgan fingerprint density at radius 1 is 1.30 bits per heavy atom. The van der Waals surface area contributed by atoms with Crippen LogP contribution in [0, 0.1) is 0 Å². The van der Waals surface area contributed by atoms with Gasteiger partial charge in [0.1, 0.15) is 20.1 Å². The highest BCUT2D eigenvalue weighted by Crippen LogP contribution is 2.59. The van der Waals surface area contributed by atoms with Gasteiger partial charge < -0.3 is 29.1 Å².